The van der Waals surface area contributed by atoms with E-state index in [1.54, 1.807) is 12.5 Å². The molecule has 1 atom stereocenters. The van der Waals surface area contributed by atoms with Gasteiger partial charge in [0.15, 0.2) is 5.65 Å². The van der Waals surface area contributed by atoms with Crippen LogP contribution in [0.3, 0.4) is 0 Å². The third kappa shape index (κ3) is 2.04. The number of H-pyrrole nitrogens is 1. The van der Waals surface area contributed by atoms with Crippen molar-refractivity contribution in [3.63, 3.8) is 0 Å². The summed E-state index contributed by atoms with van der Waals surface area (Å²) < 4.78 is 6.08. The van der Waals surface area contributed by atoms with Crippen molar-refractivity contribution in [3.8, 4) is 0 Å². The van der Waals surface area contributed by atoms with Crippen molar-refractivity contribution < 1.29 is 4.74 Å². The minimum atomic E-state index is 0.123. The van der Waals surface area contributed by atoms with Crippen molar-refractivity contribution in [1.82, 2.24) is 20.2 Å². The zero-order valence-electron chi connectivity index (χ0n) is 11.4. The molecule has 2 aromatic rings. The molecule has 0 amide bonds. The molecule has 0 radical (unpaired) electrons. The fraction of sp³-hybridized carbons (Fsp3) is 0.643. The third-order valence-corrected chi connectivity index (χ3v) is 4.60. The molecule has 1 aliphatic heterocycles. The summed E-state index contributed by atoms with van der Waals surface area (Å²) in [6.45, 7) is 0.845. The molecule has 1 aliphatic carbocycles. The van der Waals surface area contributed by atoms with Crippen LogP contribution in [0.15, 0.2) is 12.5 Å². The number of hydrogen-bond donors (Lipinski definition) is 2. The molecule has 106 valence electrons. The highest BCUT2D eigenvalue weighted by molar-refractivity contribution is 5.85. The van der Waals surface area contributed by atoms with Crippen LogP contribution < -0.4 is 5.32 Å². The maximum atomic E-state index is 6.08. The third-order valence-electron chi connectivity index (χ3n) is 4.60. The van der Waals surface area contributed by atoms with Crippen LogP contribution in [0.1, 0.15) is 38.5 Å². The van der Waals surface area contributed by atoms with E-state index < -0.39 is 0 Å². The highest BCUT2D eigenvalue weighted by atomic mass is 16.5. The molecule has 1 saturated carbocycles. The minimum absolute atomic E-state index is 0.123. The maximum absolute atomic E-state index is 6.08. The average molecular weight is 273 g/mol. The van der Waals surface area contributed by atoms with Crippen molar-refractivity contribution in [2.24, 2.45) is 0 Å². The quantitative estimate of drug-likeness (QED) is 0.877. The highest BCUT2D eigenvalue weighted by Crippen LogP contribution is 2.40. The van der Waals surface area contributed by atoms with E-state index in [2.05, 4.69) is 25.5 Å². The molecule has 6 heteroatoms. The SMILES string of the molecule is c1nc(NC2CCOC3(CCCC3)C2)c2cn[nH]c2n1. The van der Waals surface area contributed by atoms with E-state index in [9.17, 15) is 0 Å². The number of aromatic nitrogens is 4. The Balaban J connectivity index is 1.55. The van der Waals surface area contributed by atoms with E-state index >= 15 is 0 Å². The Morgan fingerprint density at radius 3 is 3.10 bits per heavy atom. The Morgan fingerprint density at radius 2 is 2.20 bits per heavy atom. The topological polar surface area (TPSA) is 75.7 Å². The summed E-state index contributed by atoms with van der Waals surface area (Å²) in [7, 11) is 0. The van der Waals surface area contributed by atoms with Crippen molar-refractivity contribution in [2.75, 3.05) is 11.9 Å². The van der Waals surface area contributed by atoms with Gasteiger partial charge in [-0.3, -0.25) is 5.10 Å². The standard InChI is InChI=1S/C14H19N5O/c1-2-5-14(4-1)7-10(3-6-20-14)18-12-11-8-17-19-13(11)16-9-15-12/h8-10H,1-7H2,(H2,15,16,17,18,19). The second-order valence-corrected chi connectivity index (χ2v) is 5.93. The lowest BCUT2D eigenvalue weighted by Crippen LogP contribution is -2.42. The predicted octanol–water partition coefficient (Wildman–Crippen LogP) is 2.26. The van der Waals surface area contributed by atoms with Crippen molar-refractivity contribution in [2.45, 2.75) is 50.2 Å². The lowest BCUT2D eigenvalue weighted by atomic mass is 9.89. The molecule has 2 aliphatic rings. The summed E-state index contributed by atoms with van der Waals surface area (Å²) in [5, 5.41) is 11.4. The zero-order valence-corrected chi connectivity index (χ0v) is 11.4. The normalized spacial score (nSPS) is 25.3. The molecule has 3 heterocycles. The summed E-state index contributed by atoms with van der Waals surface area (Å²) in [6.07, 6.45) is 10.5. The van der Waals surface area contributed by atoms with Gasteiger partial charge in [-0.1, -0.05) is 12.8 Å². The number of anilines is 1. The van der Waals surface area contributed by atoms with Gasteiger partial charge in [-0.25, -0.2) is 9.97 Å². The van der Waals surface area contributed by atoms with Gasteiger partial charge in [0.05, 0.1) is 17.2 Å². The first-order chi connectivity index (χ1) is 9.85. The van der Waals surface area contributed by atoms with Crippen LogP contribution in [0.2, 0.25) is 0 Å². The number of rotatable bonds is 2. The smallest absolute Gasteiger partial charge is 0.160 e. The minimum Gasteiger partial charge on any atom is -0.375 e. The lowest BCUT2D eigenvalue weighted by Gasteiger charge is -2.38. The fourth-order valence-corrected chi connectivity index (χ4v) is 3.59. The van der Waals surface area contributed by atoms with Gasteiger partial charge < -0.3 is 10.1 Å². The predicted molar refractivity (Wildman–Crippen MR) is 75.5 cm³/mol. The highest BCUT2D eigenvalue weighted by Gasteiger charge is 2.40. The van der Waals surface area contributed by atoms with E-state index in [0.29, 0.717) is 6.04 Å². The molecular weight excluding hydrogens is 254 g/mol. The molecular formula is C14H19N5O. The first-order valence-corrected chi connectivity index (χ1v) is 7.39. The summed E-state index contributed by atoms with van der Waals surface area (Å²) in [4.78, 5) is 8.54. The van der Waals surface area contributed by atoms with E-state index in [1.807, 2.05) is 0 Å². The van der Waals surface area contributed by atoms with E-state index in [4.69, 9.17) is 4.74 Å². The summed E-state index contributed by atoms with van der Waals surface area (Å²) in [6, 6.07) is 0.426. The molecule has 1 saturated heterocycles. The second kappa shape index (κ2) is 4.70. The van der Waals surface area contributed by atoms with Crippen LogP contribution in [0, 0.1) is 0 Å². The molecule has 2 fully saturated rings. The van der Waals surface area contributed by atoms with Gasteiger partial charge in [-0.05, 0) is 25.7 Å². The fourth-order valence-electron chi connectivity index (χ4n) is 3.59. The Labute approximate surface area is 117 Å². The van der Waals surface area contributed by atoms with E-state index in [0.717, 1.165) is 36.3 Å². The largest absolute Gasteiger partial charge is 0.375 e. The monoisotopic (exact) mass is 273 g/mol. The molecule has 4 rings (SSSR count). The molecule has 0 bridgehead atoms. The van der Waals surface area contributed by atoms with Crippen LogP contribution in [-0.4, -0.2) is 38.4 Å². The van der Waals surface area contributed by atoms with Crippen LogP contribution in [0.5, 0.6) is 0 Å². The number of nitrogens with zero attached hydrogens (tertiary/aromatic N) is 3. The average Bonchev–Trinajstić information content (AvgIpc) is 3.09. The van der Waals surface area contributed by atoms with Gasteiger partial charge >= 0.3 is 0 Å². The summed E-state index contributed by atoms with van der Waals surface area (Å²) in [5.41, 5.74) is 0.906. The van der Waals surface area contributed by atoms with Crippen LogP contribution >= 0.6 is 0 Å². The Bertz CT molecular complexity index is 604. The summed E-state index contributed by atoms with van der Waals surface area (Å²) >= 11 is 0. The number of fused-ring (bicyclic) bond motifs is 1. The molecule has 0 aromatic carbocycles. The van der Waals surface area contributed by atoms with Crippen molar-refractivity contribution in [1.29, 1.82) is 0 Å². The first kappa shape index (κ1) is 12.1. The molecule has 1 unspecified atom stereocenters. The van der Waals surface area contributed by atoms with Crippen LogP contribution in [-0.2, 0) is 4.74 Å². The van der Waals surface area contributed by atoms with Crippen LogP contribution in [0.25, 0.3) is 11.0 Å². The number of aromatic amines is 1. The second-order valence-electron chi connectivity index (χ2n) is 5.93. The van der Waals surface area contributed by atoms with Gasteiger partial charge in [0.2, 0.25) is 0 Å². The summed E-state index contributed by atoms with van der Waals surface area (Å²) in [5.74, 6) is 0.879. The van der Waals surface area contributed by atoms with Gasteiger partial charge in [0, 0.05) is 12.6 Å². The van der Waals surface area contributed by atoms with Gasteiger partial charge in [-0.15, -0.1) is 0 Å². The van der Waals surface area contributed by atoms with E-state index in [1.165, 1.54) is 25.7 Å². The molecule has 1 spiro atoms. The lowest BCUT2D eigenvalue weighted by molar-refractivity contribution is -0.0767. The number of hydrogen-bond acceptors (Lipinski definition) is 5. The van der Waals surface area contributed by atoms with Gasteiger partial charge in [-0.2, -0.15) is 5.10 Å². The molecule has 2 aromatic heterocycles. The van der Waals surface area contributed by atoms with E-state index in [-0.39, 0.29) is 5.60 Å². The first-order valence-electron chi connectivity index (χ1n) is 7.39. The number of nitrogens with one attached hydrogen (secondary N) is 2. The number of ether oxygens (including phenoxy) is 1. The molecule has 2 N–H and O–H groups in total. The maximum Gasteiger partial charge on any atom is 0.160 e. The molecule has 6 nitrogen and oxygen atoms in total. The Hall–Kier alpha value is -1.69. The van der Waals surface area contributed by atoms with Crippen LogP contribution in [0.4, 0.5) is 5.82 Å². The van der Waals surface area contributed by atoms with Crippen molar-refractivity contribution >= 4 is 16.9 Å². The van der Waals surface area contributed by atoms with Gasteiger partial charge in [0.1, 0.15) is 12.1 Å². The molecule has 20 heavy (non-hydrogen) atoms. The van der Waals surface area contributed by atoms with Crippen molar-refractivity contribution in [3.05, 3.63) is 12.5 Å². The Kier molecular flexibility index (Phi) is 2.84. The van der Waals surface area contributed by atoms with Gasteiger partial charge in [0.25, 0.3) is 0 Å². The zero-order chi connectivity index (χ0) is 13.4. The Morgan fingerprint density at radius 1 is 1.30 bits per heavy atom.